The maximum Gasteiger partial charge on any atom is 0.312 e. The summed E-state index contributed by atoms with van der Waals surface area (Å²) >= 11 is 0. The van der Waals surface area contributed by atoms with Crippen LogP contribution in [0.4, 0.5) is 0 Å². The fourth-order valence-corrected chi connectivity index (χ4v) is 2.08. The lowest BCUT2D eigenvalue weighted by atomic mass is 9.74. The van der Waals surface area contributed by atoms with E-state index in [0.717, 1.165) is 0 Å². The minimum atomic E-state index is -0.523. The molecule has 0 amide bonds. The molecule has 0 saturated heterocycles. The lowest BCUT2D eigenvalue weighted by Gasteiger charge is -2.31. The Hall–Kier alpha value is -1.09. The van der Waals surface area contributed by atoms with Crippen molar-refractivity contribution in [2.45, 2.75) is 20.8 Å². The van der Waals surface area contributed by atoms with E-state index in [0.29, 0.717) is 12.5 Å². The monoisotopic (exact) mass is 238 g/mol. The number of ether oxygens (including phenoxy) is 2. The molecule has 0 heterocycles. The van der Waals surface area contributed by atoms with Crippen LogP contribution in [0.25, 0.3) is 0 Å². The quantitative estimate of drug-likeness (QED) is 0.558. The molecule has 3 nitrogen and oxygen atoms in total. The highest BCUT2D eigenvalue weighted by Crippen LogP contribution is 2.35. The van der Waals surface area contributed by atoms with E-state index in [1.54, 1.807) is 7.11 Å². The van der Waals surface area contributed by atoms with Gasteiger partial charge in [0.25, 0.3) is 0 Å². The van der Waals surface area contributed by atoms with Crippen molar-refractivity contribution in [3.8, 4) is 0 Å². The van der Waals surface area contributed by atoms with Crippen LogP contribution >= 0.6 is 0 Å². The van der Waals surface area contributed by atoms with E-state index in [1.807, 2.05) is 13.8 Å². The largest absolute Gasteiger partial charge is 0.469 e. The molecule has 0 aliphatic heterocycles. The van der Waals surface area contributed by atoms with Crippen molar-refractivity contribution in [3.05, 3.63) is 23.8 Å². The molecule has 0 aromatic rings. The lowest BCUT2D eigenvalue weighted by Crippen LogP contribution is -2.33. The Morgan fingerprint density at radius 1 is 1.35 bits per heavy atom. The molecule has 96 valence electrons. The smallest absolute Gasteiger partial charge is 0.312 e. The Morgan fingerprint density at radius 3 is 2.47 bits per heavy atom. The molecule has 0 radical (unpaired) electrons. The summed E-state index contributed by atoms with van der Waals surface area (Å²) in [6.45, 7) is 6.58. The number of allylic oxidation sites excluding steroid dienone is 2. The zero-order chi connectivity index (χ0) is 13.1. The third-order valence-corrected chi connectivity index (χ3v) is 3.47. The molecule has 2 atom stereocenters. The Labute approximate surface area is 103 Å². The number of hydrogen-bond acceptors (Lipinski definition) is 3. The number of esters is 1. The Balaban J connectivity index is 2.84. The van der Waals surface area contributed by atoms with Crippen LogP contribution in [0.1, 0.15) is 20.8 Å². The molecule has 1 aliphatic carbocycles. The molecule has 0 saturated carbocycles. The van der Waals surface area contributed by atoms with Crippen LogP contribution in [-0.2, 0) is 14.3 Å². The van der Waals surface area contributed by atoms with E-state index >= 15 is 0 Å². The SMILES string of the molecule is COCC1C=CC(C(C)(C)C(=O)OC)C=C1C. The van der Waals surface area contributed by atoms with Crippen LogP contribution in [0.3, 0.4) is 0 Å². The predicted octanol–water partition coefficient (Wildman–Crippen LogP) is 2.58. The second-order valence-corrected chi connectivity index (χ2v) is 5.10. The molecule has 0 aromatic heterocycles. The zero-order valence-corrected chi connectivity index (χ0v) is 11.3. The first-order valence-corrected chi connectivity index (χ1v) is 5.87. The Morgan fingerprint density at radius 2 is 2.00 bits per heavy atom. The highest BCUT2D eigenvalue weighted by molar-refractivity contribution is 5.77. The van der Waals surface area contributed by atoms with Gasteiger partial charge in [-0.05, 0) is 20.8 Å². The van der Waals surface area contributed by atoms with Crippen molar-refractivity contribution in [2.75, 3.05) is 20.8 Å². The molecule has 0 N–H and O–H groups in total. The van der Waals surface area contributed by atoms with Crippen molar-refractivity contribution in [1.82, 2.24) is 0 Å². The maximum atomic E-state index is 11.7. The molecule has 0 spiro atoms. The van der Waals surface area contributed by atoms with Crippen molar-refractivity contribution in [3.63, 3.8) is 0 Å². The van der Waals surface area contributed by atoms with Crippen LogP contribution in [0.15, 0.2) is 23.8 Å². The minimum Gasteiger partial charge on any atom is -0.469 e. The summed E-state index contributed by atoms with van der Waals surface area (Å²) in [6.07, 6.45) is 6.34. The van der Waals surface area contributed by atoms with Gasteiger partial charge in [0.2, 0.25) is 0 Å². The fraction of sp³-hybridized carbons (Fsp3) is 0.643. The van der Waals surface area contributed by atoms with Crippen LogP contribution < -0.4 is 0 Å². The first-order chi connectivity index (χ1) is 7.93. The molecule has 0 fully saturated rings. The predicted molar refractivity (Wildman–Crippen MR) is 67.6 cm³/mol. The van der Waals surface area contributed by atoms with E-state index in [4.69, 9.17) is 9.47 Å². The van der Waals surface area contributed by atoms with Gasteiger partial charge >= 0.3 is 5.97 Å². The summed E-state index contributed by atoms with van der Waals surface area (Å²) in [5, 5.41) is 0. The Bertz CT molecular complexity index is 339. The van der Waals surface area contributed by atoms with Crippen LogP contribution in [0.5, 0.6) is 0 Å². The van der Waals surface area contributed by atoms with Crippen molar-refractivity contribution < 1.29 is 14.3 Å². The van der Waals surface area contributed by atoms with Gasteiger partial charge in [-0.25, -0.2) is 0 Å². The second-order valence-electron chi connectivity index (χ2n) is 5.10. The second kappa shape index (κ2) is 5.50. The van der Waals surface area contributed by atoms with Gasteiger partial charge in [0.05, 0.1) is 19.1 Å². The fourth-order valence-electron chi connectivity index (χ4n) is 2.08. The summed E-state index contributed by atoms with van der Waals surface area (Å²) < 4.78 is 10.0. The zero-order valence-electron chi connectivity index (χ0n) is 11.3. The van der Waals surface area contributed by atoms with Crippen LogP contribution in [-0.4, -0.2) is 26.8 Å². The first-order valence-electron chi connectivity index (χ1n) is 5.87. The first kappa shape index (κ1) is 14.0. The van der Waals surface area contributed by atoms with Gasteiger partial charge in [-0.1, -0.05) is 23.8 Å². The van der Waals surface area contributed by atoms with E-state index in [1.165, 1.54) is 12.7 Å². The summed E-state index contributed by atoms with van der Waals surface area (Å²) in [4.78, 5) is 11.7. The molecule has 2 unspecified atom stereocenters. The number of rotatable bonds is 4. The van der Waals surface area contributed by atoms with Crippen molar-refractivity contribution in [2.24, 2.45) is 17.3 Å². The highest BCUT2D eigenvalue weighted by atomic mass is 16.5. The van der Waals surface area contributed by atoms with Gasteiger partial charge in [-0.2, -0.15) is 0 Å². The molecule has 1 aliphatic rings. The minimum absolute atomic E-state index is 0.0862. The molecule has 3 heteroatoms. The molecular formula is C14H22O3. The summed E-state index contributed by atoms with van der Waals surface area (Å²) in [5.74, 6) is 0.231. The third-order valence-electron chi connectivity index (χ3n) is 3.47. The number of methoxy groups -OCH3 is 2. The standard InChI is InChI=1S/C14H22O3/c1-10-8-12(7-6-11(10)9-16-4)14(2,3)13(15)17-5/h6-8,11-12H,9H2,1-5H3. The van der Waals surface area contributed by atoms with E-state index in [9.17, 15) is 4.79 Å². The van der Waals surface area contributed by atoms with Gasteiger partial charge < -0.3 is 9.47 Å². The molecule has 0 aromatic carbocycles. The number of carbonyl (C=O) groups excluding carboxylic acids is 1. The lowest BCUT2D eigenvalue weighted by molar-refractivity contribution is -0.152. The van der Waals surface area contributed by atoms with Crippen molar-refractivity contribution >= 4 is 5.97 Å². The molecule has 1 rings (SSSR count). The Kier molecular flexibility index (Phi) is 4.52. The van der Waals surface area contributed by atoms with E-state index in [2.05, 4.69) is 25.2 Å². The molecular weight excluding hydrogens is 216 g/mol. The topological polar surface area (TPSA) is 35.5 Å². The average molecular weight is 238 g/mol. The van der Waals surface area contributed by atoms with Gasteiger partial charge in [-0.3, -0.25) is 4.79 Å². The number of carbonyl (C=O) groups is 1. The third kappa shape index (κ3) is 2.97. The molecule has 17 heavy (non-hydrogen) atoms. The average Bonchev–Trinajstić information content (AvgIpc) is 2.30. The molecule has 0 bridgehead atoms. The van der Waals surface area contributed by atoms with Gasteiger partial charge in [0.15, 0.2) is 0 Å². The van der Waals surface area contributed by atoms with Crippen molar-refractivity contribution in [1.29, 1.82) is 0 Å². The highest BCUT2D eigenvalue weighted by Gasteiger charge is 2.36. The maximum absolute atomic E-state index is 11.7. The van der Waals surface area contributed by atoms with E-state index in [-0.39, 0.29) is 11.9 Å². The van der Waals surface area contributed by atoms with Gasteiger partial charge in [-0.15, -0.1) is 0 Å². The summed E-state index contributed by atoms with van der Waals surface area (Å²) in [6, 6.07) is 0. The van der Waals surface area contributed by atoms with Gasteiger partial charge in [0.1, 0.15) is 0 Å². The summed E-state index contributed by atoms with van der Waals surface area (Å²) in [7, 11) is 3.13. The summed E-state index contributed by atoms with van der Waals surface area (Å²) in [5.41, 5.74) is 0.723. The van der Waals surface area contributed by atoms with E-state index < -0.39 is 5.41 Å². The van der Waals surface area contributed by atoms with Crippen LogP contribution in [0.2, 0.25) is 0 Å². The normalized spacial score (nSPS) is 24.4. The van der Waals surface area contributed by atoms with Crippen LogP contribution in [0, 0.1) is 17.3 Å². The van der Waals surface area contributed by atoms with Gasteiger partial charge in [0, 0.05) is 18.9 Å². The number of hydrogen-bond donors (Lipinski definition) is 0.